The van der Waals surface area contributed by atoms with Gasteiger partial charge in [0.25, 0.3) is 0 Å². The first-order valence-corrected chi connectivity index (χ1v) is 9.25. The van der Waals surface area contributed by atoms with E-state index < -0.39 is 0 Å². The smallest absolute Gasteiger partial charge is 0.225 e. The van der Waals surface area contributed by atoms with E-state index >= 15 is 0 Å². The predicted molar refractivity (Wildman–Crippen MR) is 92.0 cm³/mol. The molecule has 1 aromatic carbocycles. The number of hydrogen-bond acceptors (Lipinski definition) is 4. The second kappa shape index (κ2) is 8.93. The van der Waals surface area contributed by atoms with Crippen LogP contribution in [-0.4, -0.2) is 53.0 Å². The fourth-order valence-corrected chi connectivity index (χ4v) is 3.21. The van der Waals surface area contributed by atoms with E-state index in [1.54, 1.807) is 16.7 Å². The first-order chi connectivity index (χ1) is 11.1. The molecule has 2 amide bonds. The highest BCUT2D eigenvalue weighted by Gasteiger charge is 2.34. The Bertz CT molecular complexity index is 524. The van der Waals surface area contributed by atoms with Crippen molar-refractivity contribution in [3.05, 3.63) is 35.9 Å². The van der Waals surface area contributed by atoms with Crippen molar-refractivity contribution in [2.24, 2.45) is 5.92 Å². The molecule has 0 aromatic heterocycles. The average Bonchev–Trinajstić information content (AvgIpc) is 2.93. The quantitative estimate of drug-likeness (QED) is 0.750. The van der Waals surface area contributed by atoms with Crippen LogP contribution in [0.15, 0.2) is 30.3 Å². The molecular formula is C17H24N2O3S. The number of likely N-dealkylation sites (tertiary alicyclic amines) is 1. The van der Waals surface area contributed by atoms with E-state index in [1.165, 1.54) is 0 Å². The largest absolute Gasteiger partial charge is 0.394 e. The van der Waals surface area contributed by atoms with Gasteiger partial charge in [-0.2, -0.15) is 11.8 Å². The van der Waals surface area contributed by atoms with E-state index in [-0.39, 0.29) is 36.8 Å². The minimum Gasteiger partial charge on any atom is -0.394 e. The lowest BCUT2D eigenvalue weighted by Gasteiger charge is -2.19. The Hall–Kier alpha value is -1.53. The first kappa shape index (κ1) is 17.8. The molecule has 2 atom stereocenters. The number of aliphatic hydroxyl groups is 1. The Balaban J connectivity index is 1.87. The minimum atomic E-state index is -0.324. The third-order valence-electron chi connectivity index (χ3n) is 4.04. The molecule has 23 heavy (non-hydrogen) atoms. The molecule has 0 saturated carbocycles. The number of carbonyl (C=O) groups is 2. The zero-order chi connectivity index (χ0) is 16.7. The Labute approximate surface area is 141 Å². The molecule has 1 saturated heterocycles. The third kappa shape index (κ3) is 5.25. The zero-order valence-corrected chi connectivity index (χ0v) is 14.2. The van der Waals surface area contributed by atoms with Crippen molar-refractivity contribution in [3.8, 4) is 0 Å². The van der Waals surface area contributed by atoms with Gasteiger partial charge in [0.15, 0.2) is 0 Å². The highest BCUT2D eigenvalue weighted by Crippen LogP contribution is 2.20. The maximum Gasteiger partial charge on any atom is 0.225 e. The number of carbonyl (C=O) groups excluding carboxylic acids is 2. The van der Waals surface area contributed by atoms with E-state index in [2.05, 4.69) is 5.32 Å². The number of nitrogens with zero attached hydrogens (tertiary/aromatic N) is 1. The predicted octanol–water partition coefficient (Wildman–Crippen LogP) is 1.27. The number of benzene rings is 1. The van der Waals surface area contributed by atoms with Gasteiger partial charge in [0.2, 0.25) is 11.8 Å². The van der Waals surface area contributed by atoms with Crippen LogP contribution in [0.25, 0.3) is 0 Å². The Morgan fingerprint density at radius 3 is 2.83 bits per heavy atom. The van der Waals surface area contributed by atoms with E-state index in [1.807, 2.05) is 36.6 Å². The SMILES string of the molecule is CSCC[C@@H](CO)NC(=O)C1CC(=O)N(Cc2ccccc2)C1. The highest BCUT2D eigenvalue weighted by molar-refractivity contribution is 7.98. The van der Waals surface area contributed by atoms with Crippen LogP contribution in [0.5, 0.6) is 0 Å². The lowest BCUT2D eigenvalue weighted by atomic mass is 10.1. The molecule has 6 heteroatoms. The van der Waals surface area contributed by atoms with Crippen molar-refractivity contribution in [1.29, 1.82) is 0 Å². The summed E-state index contributed by atoms with van der Waals surface area (Å²) in [5.74, 6) is 0.442. The summed E-state index contributed by atoms with van der Waals surface area (Å²) in [6.07, 6.45) is 2.98. The van der Waals surface area contributed by atoms with Gasteiger partial charge in [-0.1, -0.05) is 30.3 Å². The number of rotatable bonds is 8. The number of amides is 2. The summed E-state index contributed by atoms with van der Waals surface area (Å²) < 4.78 is 0. The second-order valence-corrected chi connectivity index (χ2v) is 6.82. The minimum absolute atomic E-state index is 0.0127. The molecule has 0 aliphatic carbocycles. The molecule has 1 aliphatic heterocycles. The summed E-state index contributed by atoms with van der Waals surface area (Å²) in [6.45, 7) is 0.917. The second-order valence-electron chi connectivity index (χ2n) is 5.83. The van der Waals surface area contributed by atoms with Crippen LogP contribution in [0.3, 0.4) is 0 Å². The molecule has 1 heterocycles. The van der Waals surface area contributed by atoms with Gasteiger partial charge in [-0.3, -0.25) is 9.59 Å². The maximum atomic E-state index is 12.3. The first-order valence-electron chi connectivity index (χ1n) is 7.86. The van der Waals surface area contributed by atoms with E-state index in [0.717, 1.165) is 17.7 Å². The third-order valence-corrected chi connectivity index (χ3v) is 4.68. The number of thioether (sulfide) groups is 1. The molecule has 1 unspecified atom stereocenters. The van der Waals surface area contributed by atoms with Crippen LogP contribution >= 0.6 is 11.8 Å². The fourth-order valence-electron chi connectivity index (χ4n) is 2.69. The van der Waals surface area contributed by atoms with Gasteiger partial charge in [0.1, 0.15) is 0 Å². The Morgan fingerprint density at radius 1 is 1.43 bits per heavy atom. The van der Waals surface area contributed by atoms with Gasteiger partial charge >= 0.3 is 0 Å². The van der Waals surface area contributed by atoms with E-state index in [4.69, 9.17) is 0 Å². The van der Waals surface area contributed by atoms with Crippen LogP contribution in [0.2, 0.25) is 0 Å². The molecule has 2 N–H and O–H groups in total. The summed E-state index contributed by atoms with van der Waals surface area (Å²) in [7, 11) is 0. The van der Waals surface area contributed by atoms with Gasteiger partial charge in [-0.05, 0) is 24.0 Å². The molecule has 5 nitrogen and oxygen atoms in total. The molecule has 0 radical (unpaired) electrons. The number of aliphatic hydroxyl groups excluding tert-OH is 1. The Kier molecular flexibility index (Phi) is 6.92. The van der Waals surface area contributed by atoms with Crippen molar-refractivity contribution in [1.82, 2.24) is 10.2 Å². The number of hydrogen-bond donors (Lipinski definition) is 2. The summed E-state index contributed by atoms with van der Waals surface area (Å²) in [5, 5.41) is 12.2. The zero-order valence-electron chi connectivity index (χ0n) is 13.4. The highest BCUT2D eigenvalue weighted by atomic mass is 32.2. The van der Waals surface area contributed by atoms with Crippen LogP contribution in [0.1, 0.15) is 18.4 Å². The lowest BCUT2D eigenvalue weighted by molar-refractivity contribution is -0.129. The van der Waals surface area contributed by atoms with Crippen LogP contribution in [-0.2, 0) is 16.1 Å². The standard InChI is InChI=1S/C17H24N2O3S/c1-23-8-7-15(12-20)18-17(22)14-9-16(21)19(11-14)10-13-5-3-2-4-6-13/h2-6,14-15,20H,7-12H2,1H3,(H,18,22)/t14?,15-/m0/s1. The molecule has 1 aliphatic rings. The van der Waals surface area contributed by atoms with E-state index in [0.29, 0.717) is 13.1 Å². The normalized spacial score (nSPS) is 19.0. The van der Waals surface area contributed by atoms with Gasteiger partial charge in [-0.15, -0.1) is 0 Å². The monoisotopic (exact) mass is 336 g/mol. The molecule has 2 rings (SSSR count). The van der Waals surface area contributed by atoms with Gasteiger partial charge in [-0.25, -0.2) is 0 Å². The van der Waals surface area contributed by atoms with Crippen LogP contribution < -0.4 is 5.32 Å². The topological polar surface area (TPSA) is 69.6 Å². The molecular weight excluding hydrogens is 312 g/mol. The summed E-state index contributed by atoms with van der Waals surface area (Å²) in [5.41, 5.74) is 1.06. The van der Waals surface area contributed by atoms with Gasteiger partial charge < -0.3 is 15.3 Å². The van der Waals surface area contributed by atoms with Crippen molar-refractivity contribution >= 4 is 23.6 Å². The van der Waals surface area contributed by atoms with Crippen LogP contribution in [0, 0.1) is 5.92 Å². The van der Waals surface area contributed by atoms with E-state index in [9.17, 15) is 14.7 Å². The molecule has 0 bridgehead atoms. The molecule has 1 fully saturated rings. The van der Waals surface area contributed by atoms with Crippen molar-refractivity contribution in [3.63, 3.8) is 0 Å². The molecule has 0 spiro atoms. The summed E-state index contributed by atoms with van der Waals surface area (Å²) >= 11 is 1.68. The summed E-state index contributed by atoms with van der Waals surface area (Å²) in [6, 6.07) is 9.55. The fraction of sp³-hybridized carbons (Fsp3) is 0.529. The summed E-state index contributed by atoms with van der Waals surface area (Å²) in [4.78, 5) is 26.2. The Morgan fingerprint density at radius 2 is 2.17 bits per heavy atom. The van der Waals surface area contributed by atoms with Gasteiger partial charge in [0.05, 0.1) is 18.6 Å². The van der Waals surface area contributed by atoms with Crippen molar-refractivity contribution in [2.75, 3.05) is 25.2 Å². The average molecular weight is 336 g/mol. The van der Waals surface area contributed by atoms with Crippen molar-refractivity contribution in [2.45, 2.75) is 25.4 Å². The van der Waals surface area contributed by atoms with Crippen LogP contribution in [0.4, 0.5) is 0 Å². The molecule has 1 aromatic rings. The van der Waals surface area contributed by atoms with Gasteiger partial charge in [0, 0.05) is 19.5 Å². The number of nitrogens with one attached hydrogen (secondary N) is 1. The molecule has 126 valence electrons. The lowest BCUT2D eigenvalue weighted by Crippen LogP contribution is -2.42. The van der Waals surface area contributed by atoms with Crippen molar-refractivity contribution < 1.29 is 14.7 Å². The maximum absolute atomic E-state index is 12.3.